The number of aryl methyl sites for hydroxylation is 1. The number of hydrogen-bond donors (Lipinski definition) is 1. The minimum Gasteiger partial charge on any atom is -0.486 e. The molecule has 23 heavy (non-hydrogen) atoms. The molecule has 0 radical (unpaired) electrons. The minimum atomic E-state index is -0.568. The number of halogens is 1. The standard InChI is InChI=1S/C15H15ClN2O4S/c1-9-14(15(20)22-7-12(19)17-2)23-13(18-9)8-21-11-5-3-10(16)4-6-11/h3-6H,7-8H2,1-2H3,(H,17,19). The second kappa shape index (κ2) is 7.94. The molecule has 0 aliphatic carbocycles. The maximum atomic E-state index is 11.9. The topological polar surface area (TPSA) is 77.5 Å². The molecule has 0 unspecified atom stereocenters. The molecule has 8 heteroatoms. The van der Waals surface area contributed by atoms with Crippen molar-refractivity contribution in [3.63, 3.8) is 0 Å². The summed E-state index contributed by atoms with van der Waals surface area (Å²) in [5.74, 6) is -0.279. The summed E-state index contributed by atoms with van der Waals surface area (Å²) in [5, 5.41) is 3.65. The van der Waals surface area contributed by atoms with Gasteiger partial charge in [0.1, 0.15) is 22.2 Å². The lowest BCUT2D eigenvalue weighted by Gasteiger charge is -2.03. The van der Waals surface area contributed by atoms with Gasteiger partial charge in [0.25, 0.3) is 5.91 Å². The maximum Gasteiger partial charge on any atom is 0.350 e. The number of amides is 1. The number of esters is 1. The highest BCUT2D eigenvalue weighted by atomic mass is 35.5. The van der Waals surface area contributed by atoms with Gasteiger partial charge in [-0.05, 0) is 31.2 Å². The lowest BCUT2D eigenvalue weighted by molar-refractivity contribution is -0.123. The molecule has 0 bridgehead atoms. The largest absolute Gasteiger partial charge is 0.486 e. The fraction of sp³-hybridized carbons (Fsp3) is 0.267. The van der Waals surface area contributed by atoms with Gasteiger partial charge in [0.05, 0.1) is 5.69 Å². The van der Waals surface area contributed by atoms with Crippen molar-refractivity contribution in [2.45, 2.75) is 13.5 Å². The molecule has 0 saturated heterocycles. The van der Waals surface area contributed by atoms with Crippen LogP contribution in [0.25, 0.3) is 0 Å². The Bertz CT molecular complexity index is 700. The number of carbonyl (C=O) groups is 2. The summed E-state index contributed by atoms with van der Waals surface area (Å²) in [4.78, 5) is 27.7. The number of rotatable bonds is 6. The van der Waals surface area contributed by atoms with Crippen LogP contribution in [0.5, 0.6) is 5.75 Å². The van der Waals surface area contributed by atoms with E-state index in [1.807, 2.05) is 0 Å². The molecular formula is C15H15ClN2O4S. The molecule has 2 rings (SSSR count). The Kier molecular flexibility index (Phi) is 5.95. The number of nitrogens with one attached hydrogen (secondary N) is 1. The minimum absolute atomic E-state index is 0.232. The summed E-state index contributed by atoms with van der Waals surface area (Å²) >= 11 is 6.99. The van der Waals surface area contributed by atoms with E-state index in [2.05, 4.69) is 10.3 Å². The van der Waals surface area contributed by atoms with Crippen LogP contribution in [0.3, 0.4) is 0 Å². The summed E-state index contributed by atoms with van der Waals surface area (Å²) < 4.78 is 10.5. The van der Waals surface area contributed by atoms with Crippen molar-refractivity contribution >= 4 is 34.8 Å². The molecule has 1 N–H and O–H groups in total. The number of hydrogen-bond acceptors (Lipinski definition) is 6. The zero-order valence-electron chi connectivity index (χ0n) is 12.6. The van der Waals surface area contributed by atoms with Crippen molar-refractivity contribution in [2.75, 3.05) is 13.7 Å². The Morgan fingerprint density at radius 1 is 1.30 bits per heavy atom. The van der Waals surface area contributed by atoms with Crippen LogP contribution < -0.4 is 10.1 Å². The molecule has 2 aromatic rings. The SMILES string of the molecule is CNC(=O)COC(=O)c1sc(COc2ccc(Cl)cc2)nc1C. The van der Waals surface area contributed by atoms with Crippen molar-refractivity contribution in [3.05, 3.63) is 44.9 Å². The van der Waals surface area contributed by atoms with Gasteiger partial charge in [-0.15, -0.1) is 11.3 Å². The fourth-order valence-corrected chi connectivity index (χ4v) is 2.65. The van der Waals surface area contributed by atoms with Gasteiger partial charge >= 0.3 is 5.97 Å². The van der Waals surface area contributed by atoms with Crippen LogP contribution in [-0.4, -0.2) is 30.5 Å². The van der Waals surface area contributed by atoms with Crippen LogP contribution in [-0.2, 0) is 16.1 Å². The van der Waals surface area contributed by atoms with Crippen molar-refractivity contribution in [2.24, 2.45) is 0 Å². The average Bonchev–Trinajstić information content (AvgIpc) is 2.92. The summed E-state index contributed by atoms with van der Waals surface area (Å²) in [6.07, 6.45) is 0. The second-order valence-corrected chi connectivity index (χ2v) is 6.03. The number of nitrogens with zero attached hydrogens (tertiary/aromatic N) is 1. The van der Waals surface area contributed by atoms with Crippen LogP contribution >= 0.6 is 22.9 Å². The first-order valence-electron chi connectivity index (χ1n) is 6.72. The average molecular weight is 355 g/mol. The highest BCUT2D eigenvalue weighted by Gasteiger charge is 2.18. The van der Waals surface area contributed by atoms with E-state index in [0.29, 0.717) is 26.4 Å². The van der Waals surface area contributed by atoms with Crippen LogP contribution in [0.4, 0.5) is 0 Å². The van der Waals surface area contributed by atoms with E-state index in [1.165, 1.54) is 18.4 Å². The number of benzene rings is 1. The molecule has 0 aliphatic heterocycles. The third kappa shape index (κ3) is 4.94. The predicted octanol–water partition coefficient (Wildman–Crippen LogP) is 2.59. The lowest BCUT2D eigenvalue weighted by atomic mass is 10.3. The van der Waals surface area contributed by atoms with E-state index < -0.39 is 5.97 Å². The predicted molar refractivity (Wildman–Crippen MR) is 87.0 cm³/mol. The van der Waals surface area contributed by atoms with Crippen LogP contribution in [0.2, 0.25) is 5.02 Å². The van der Waals surface area contributed by atoms with Crippen LogP contribution in [0, 0.1) is 6.92 Å². The first-order chi connectivity index (χ1) is 11.0. The molecule has 0 saturated carbocycles. The highest BCUT2D eigenvalue weighted by molar-refractivity contribution is 7.13. The van der Waals surface area contributed by atoms with Gasteiger partial charge in [-0.25, -0.2) is 9.78 Å². The molecule has 0 spiro atoms. The van der Waals surface area contributed by atoms with Gasteiger partial charge in [-0.3, -0.25) is 4.79 Å². The molecule has 1 heterocycles. The molecule has 1 aromatic heterocycles. The smallest absolute Gasteiger partial charge is 0.350 e. The molecule has 6 nitrogen and oxygen atoms in total. The van der Waals surface area contributed by atoms with Crippen LogP contribution in [0.15, 0.2) is 24.3 Å². The van der Waals surface area contributed by atoms with E-state index in [-0.39, 0.29) is 19.1 Å². The molecule has 0 aliphatic rings. The van der Waals surface area contributed by atoms with Crippen LogP contribution in [0.1, 0.15) is 20.4 Å². The summed E-state index contributed by atoms with van der Waals surface area (Å²) in [6.45, 7) is 1.62. The third-order valence-electron chi connectivity index (χ3n) is 2.82. The van der Waals surface area contributed by atoms with Crippen molar-refractivity contribution in [1.82, 2.24) is 10.3 Å². The number of ether oxygens (including phenoxy) is 2. The Morgan fingerprint density at radius 2 is 2.00 bits per heavy atom. The quantitative estimate of drug-likeness (QED) is 0.807. The van der Waals surface area contributed by atoms with Crippen molar-refractivity contribution in [3.8, 4) is 5.75 Å². The monoisotopic (exact) mass is 354 g/mol. The van der Waals surface area contributed by atoms with E-state index in [9.17, 15) is 9.59 Å². The fourth-order valence-electron chi connectivity index (χ4n) is 1.65. The first kappa shape index (κ1) is 17.2. The van der Waals surface area contributed by atoms with Crippen molar-refractivity contribution < 1.29 is 19.1 Å². The molecule has 1 amide bonds. The third-order valence-corrected chi connectivity index (χ3v) is 4.18. The Morgan fingerprint density at radius 3 is 2.65 bits per heavy atom. The summed E-state index contributed by atoms with van der Waals surface area (Å²) in [5.41, 5.74) is 0.548. The lowest BCUT2D eigenvalue weighted by Crippen LogP contribution is -2.25. The zero-order valence-corrected chi connectivity index (χ0v) is 14.2. The van der Waals surface area contributed by atoms with Gasteiger partial charge in [0.15, 0.2) is 6.61 Å². The Hall–Kier alpha value is -2.12. The molecular weight excluding hydrogens is 340 g/mol. The Labute approximate surface area is 142 Å². The molecule has 0 atom stereocenters. The van der Waals surface area contributed by atoms with E-state index >= 15 is 0 Å². The molecule has 122 valence electrons. The normalized spacial score (nSPS) is 10.2. The first-order valence-corrected chi connectivity index (χ1v) is 7.91. The molecule has 0 fully saturated rings. The Balaban J connectivity index is 1.96. The second-order valence-electron chi connectivity index (χ2n) is 4.51. The van der Waals surface area contributed by atoms with Gasteiger partial charge < -0.3 is 14.8 Å². The number of likely N-dealkylation sites (N-methyl/N-ethyl adjacent to an activating group) is 1. The maximum absolute atomic E-state index is 11.9. The number of aromatic nitrogens is 1. The summed E-state index contributed by atoms with van der Waals surface area (Å²) in [6, 6.07) is 6.96. The van der Waals surface area contributed by atoms with Gasteiger partial charge in [-0.2, -0.15) is 0 Å². The van der Waals surface area contributed by atoms with Gasteiger partial charge in [0, 0.05) is 12.1 Å². The van der Waals surface area contributed by atoms with E-state index in [1.54, 1.807) is 31.2 Å². The van der Waals surface area contributed by atoms with Gasteiger partial charge in [0.2, 0.25) is 0 Å². The molecule has 1 aromatic carbocycles. The van der Waals surface area contributed by atoms with E-state index in [4.69, 9.17) is 21.1 Å². The van der Waals surface area contributed by atoms with E-state index in [0.717, 1.165) is 0 Å². The number of carbonyl (C=O) groups excluding carboxylic acids is 2. The zero-order chi connectivity index (χ0) is 16.8. The van der Waals surface area contributed by atoms with Crippen molar-refractivity contribution in [1.29, 1.82) is 0 Å². The number of thiazole rings is 1. The highest BCUT2D eigenvalue weighted by Crippen LogP contribution is 2.22. The summed E-state index contributed by atoms with van der Waals surface area (Å²) in [7, 11) is 1.47. The van der Waals surface area contributed by atoms with Gasteiger partial charge in [-0.1, -0.05) is 11.6 Å².